The van der Waals surface area contributed by atoms with E-state index in [1.807, 2.05) is 29.2 Å². The number of carbonyl (C=O) groups excluding carboxylic acids is 2. The maximum atomic E-state index is 12.6. The smallest absolute Gasteiger partial charge is 0.253 e. The van der Waals surface area contributed by atoms with Crippen LogP contribution >= 0.6 is 0 Å². The van der Waals surface area contributed by atoms with Crippen molar-refractivity contribution < 1.29 is 9.59 Å². The molecule has 2 aliphatic rings. The van der Waals surface area contributed by atoms with Crippen LogP contribution in [0.4, 0.5) is 0 Å². The van der Waals surface area contributed by atoms with Crippen molar-refractivity contribution in [3.05, 3.63) is 35.4 Å². The fourth-order valence-electron chi connectivity index (χ4n) is 3.01. The summed E-state index contributed by atoms with van der Waals surface area (Å²) < 4.78 is 0. The molecule has 2 fully saturated rings. The first kappa shape index (κ1) is 17.0. The summed E-state index contributed by atoms with van der Waals surface area (Å²) in [5.74, 6) is 0.674. The number of nitrogens with one attached hydrogen (secondary N) is 1. The normalized spacial score (nSPS) is 18.7. The molecule has 1 N–H and O–H groups in total. The van der Waals surface area contributed by atoms with Crippen LogP contribution in [0.1, 0.15) is 48.5 Å². The molecule has 0 radical (unpaired) electrons. The maximum absolute atomic E-state index is 12.6. The lowest BCUT2D eigenvalue weighted by molar-refractivity contribution is -0.122. The first-order valence-corrected chi connectivity index (χ1v) is 8.94. The van der Waals surface area contributed by atoms with Gasteiger partial charge in [-0.15, -0.1) is 0 Å². The van der Waals surface area contributed by atoms with Gasteiger partial charge in [0.1, 0.15) is 0 Å². The Kier molecular flexibility index (Phi) is 5.19. The van der Waals surface area contributed by atoms with Crippen molar-refractivity contribution >= 4 is 11.8 Å². The standard InChI is InChI=1S/C19H27N3O2/c1-14(2)15-3-5-16(6-4-15)19(24)22-11-9-21(10-12-22)13-18(23)20-17-7-8-17/h3-6,14,17H,7-13H2,1-2H3,(H,20,23). The van der Waals surface area contributed by atoms with E-state index in [2.05, 4.69) is 24.1 Å². The zero-order valence-corrected chi connectivity index (χ0v) is 14.6. The first-order chi connectivity index (χ1) is 11.5. The summed E-state index contributed by atoms with van der Waals surface area (Å²) in [5, 5.41) is 3.01. The molecule has 24 heavy (non-hydrogen) atoms. The lowest BCUT2D eigenvalue weighted by Crippen LogP contribution is -2.51. The SMILES string of the molecule is CC(C)c1ccc(C(=O)N2CCN(CC(=O)NC3CC3)CC2)cc1. The number of rotatable bonds is 5. The lowest BCUT2D eigenvalue weighted by atomic mass is 10.0. The molecule has 0 bridgehead atoms. The van der Waals surface area contributed by atoms with Gasteiger partial charge in [0.2, 0.25) is 5.91 Å². The highest BCUT2D eigenvalue weighted by Crippen LogP contribution is 2.19. The van der Waals surface area contributed by atoms with Gasteiger partial charge in [-0.05, 0) is 36.5 Å². The van der Waals surface area contributed by atoms with Crippen molar-refractivity contribution in [3.63, 3.8) is 0 Å². The van der Waals surface area contributed by atoms with E-state index in [0.29, 0.717) is 31.6 Å². The molecule has 0 aromatic heterocycles. The number of piperazine rings is 1. The molecule has 1 aromatic carbocycles. The van der Waals surface area contributed by atoms with Crippen LogP contribution in [-0.2, 0) is 4.79 Å². The van der Waals surface area contributed by atoms with Gasteiger partial charge in [0.15, 0.2) is 0 Å². The van der Waals surface area contributed by atoms with Crippen molar-refractivity contribution in [1.82, 2.24) is 15.1 Å². The van der Waals surface area contributed by atoms with Gasteiger partial charge in [0.05, 0.1) is 6.54 Å². The molecule has 3 rings (SSSR count). The summed E-state index contributed by atoms with van der Waals surface area (Å²) in [4.78, 5) is 28.5. The van der Waals surface area contributed by atoms with Crippen molar-refractivity contribution in [2.45, 2.75) is 38.6 Å². The van der Waals surface area contributed by atoms with Gasteiger partial charge in [-0.2, -0.15) is 0 Å². The monoisotopic (exact) mass is 329 g/mol. The highest BCUT2D eigenvalue weighted by molar-refractivity contribution is 5.94. The molecule has 0 atom stereocenters. The molecule has 0 unspecified atom stereocenters. The average Bonchev–Trinajstić information content (AvgIpc) is 3.39. The van der Waals surface area contributed by atoms with Gasteiger partial charge in [-0.3, -0.25) is 14.5 Å². The number of amides is 2. The average molecular weight is 329 g/mol. The van der Waals surface area contributed by atoms with Gasteiger partial charge >= 0.3 is 0 Å². The van der Waals surface area contributed by atoms with E-state index in [4.69, 9.17) is 0 Å². The molecular weight excluding hydrogens is 302 g/mol. The predicted octanol–water partition coefficient (Wildman–Crippen LogP) is 1.85. The molecule has 130 valence electrons. The van der Waals surface area contributed by atoms with E-state index in [1.165, 1.54) is 5.56 Å². The second-order valence-corrected chi connectivity index (χ2v) is 7.19. The lowest BCUT2D eigenvalue weighted by Gasteiger charge is -2.34. The van der Waals surface area contributed by atoms with Gasteiger partial charge < -0.3 is 10.2 Å². The first-order valence-electron chi connectivity index (χ1n) is 8.94. The summed E-state index contributed by atoms with van der Waals surface area (Å²) in [6.45, 7) is 7.62. The van der Waals surface area contributed by atoms with E-state index in [9.17, 15) is 9.59 Å². The van der Waals surface area contributed by atoms with Gasteiger partial charge in [0, 0.05) is 37.8 Å². The van der Waals surface area contributed by atoms with Gasteiger partial charge in [0.25, 0.3) is 5.91 Å². The van der Waals surface area contributed by atoms with Crippen LogP contribution in [0.2, 0.25) is 0 Å². The predicted molar refractivity (Wildman–Crippen MR) is 94.0 cm³/mol. The third-order valence-electron chi connectivity index (χ3n) is 4.79. The third kappa shape index (κ3) is 4.35. The second kappa shape index (κ2) is 7.34. The van der Waals surface area contributed by atoms with E-state index in [-0.39, 0.29) is 11.8 Å². The molecule has 1 aliphatic carbocycles. The maximum Gasteiger partial charge on any atom is 0.253 e. The van der Waals surface area contributed by atoms with E-state index < -0.39 is 0 Å². The van der Waals surface area contributed by atoms with E-state index in [0.717, 1.165) is 31.5 Å². The molecule has 5 heteroatoms. The summed E-state index contributed by atoms with van der Waals surface area (Å²) in [5.41, 5.74) is 2.00. The zero-order valence-electron chi connectivity index (χ0n) is 14.6. The number of hydrogen-bond acceptors (Lipinski definition) is 3. The fraction of sp³-hybridized carbons (Fsp3) is 0.579. The van der Waals surface area contributed by atoms with Crippen molar-refractivity contribution in [2.75, 3.05) is 32.7 Å². The van der Waals surface area contributed by atoms with Crippen LogP contribution in [0, 0.1) is 0 Å². The molecule has 2 amide bonds. The molecule has 1 saturated heterocycles. The molecular formula is C19H27N3O2. The minimum absolute atomic E-state index is 0.0902. The molecule has 0 spiro atoms. The molecule has 1 saturated carbocycles. The van der Waals surface area contributed by atoms with Crippen LogP contribution in [-0.4, -0.2) is 60.4 Å². The number of nitrogens with zero attached hydrogens (tertiary/aromatic N) is 2. The van der Waals surface area contributed by atoms with E-state index in [1.54, 1.807) is 0 Å². The topological polar surface area (TPSA) is 52.7 Å². The zero-order chi connectivity index (χ0) is 17.1. The van der Waals surface area contributed by atoms with Gasteiger partial charge in [-0.1, -0.05) is 26.0 Å². The van der Waals surface area contributed by atoms with Crippen molar-refractivity contribution in [3.8, 4) is 0 Å². The summed E-state index contributed by atoms with van der Waals surface area (Å²) in [6, 6.07) is 8.33. The minimum atomic E-state index is 0.0902. The largest absolute Gasteiger partial charge is 0.352 e. The summed E-state index contributed by atoms with van der Waals surface area (Å²) in [7, 11) is 0. The highest BCUT2D eigenvalue weighted by atomic mass is 16.2. The molecule has 1 aliphatic heterocycles. The second-order valence-electron chi connectivity index (χ2n) is 7.19. The van der Waals surface area contributed by atoms with Crippen LogP contribution in [0.15, 0.2) is 24.3 Å². The Bertz CT molecular complexity index is 585. The Morgan fingerprint density at radius 3 is 2.25 bits per heavy atom. The Morgan fingerprint density at radius 2 is 1.71 bits per heavy atom. The van der Waals surface area contributed by atoms with Crippen LogP contribution in [0.3, 0.4) is 0 Å². The Labute approximate surface area is 144 Å². The Balaban J connectivity index is 1.48. The van der Waals surface area contributed by atoms with Crippen LogP contribution in [0.25, 0.3) is 0 Å². The quantitative estimate of drug-likeness (QED) is 0.897. The Morgan fingerprint density at radius 1 is 1.08 bits per heavy atom. The molecule has 5 nitrogen and oxygen atoms in total. The summed E-state index contributed by atoms with van der Waals surface area (Å²) in [6.07, 6.45) is 2.23. The van der Waals surface area contributed by atoms with Crippen molar-refractivity contribution in [2.24, 2.45) is 0 Å². The molecule has 1 aromatic rings. The molecule has 1 heterocycles. The minimum Gasteiger partial charge on any atom is -0.352 e. The van der Waals surface area contributed by atoms with Gasteiger partial charge in [-0.25, -0.2) is 0 Å². The fourth-order valence-corrected chi connectivity index (χ4v) is 3.01. The highest BCUT2D eigenvalue weighted by Gasteiger charge is 2.26. The third-order valence-corrected chi connectivity index (χ3v) is 4.79. The van der Waals surface area contributed by atoms with Crippen LogP contribution in [0.5, 0.6) is 0 Å². The number of benzene rings is 1. The summed E-state index contributed by atoms with van der Waals surface area (Å²) >= 11 is 0. The number of carbonyl (C=O) groups is 2. The van der Waals surface area contributed by atoms with Crippen LogP contribution < -0.4 is 5.32 Å². The van der Waals surface area contributed by atoms with Crippen molar-refractivity contribution in [1.29, 1.82) is 0 Å². The number of hydrogen-bond donors (Lipinski definition) is 1. The Hall–Kier alpha value is -1.88. The van der Waals surface area contributed by atoms with E-state index >= 15 is 0 Å².